The minimum Gasteiger partial charge on any atom is -0.304 e. The number of hydrogen-bond donors (Lipinski definition) is 0. The number of para-hydroxylation sites is 1. The first-order chi connectivity index (χ1) is 9.66. The number of fused-ring (bicyclic) bond motifs is 1. The SMILES string of the molecule is Cc1cnc(C(=O)N2c3ccccc3CCC2C)cn1. The Morgan fingerprint density at radius 2 is 2.05 bits per heavy atom. The molecule has 1 aromatic heterocycles. The van der Waals surface area contributed by atoms with Crippen molar-refractivity contribution in [1.82, 2.24) is 9.97 Å². The van der Waals surface area contributed by atoms with Crippen LogP contribution in [0.1, 0.15) is 35.1 Å². The number of carbonyl (C=O) groups is 1. The molecule has 1 atom stereocenters. The minimum absolute atomic E-state index is 0.0721. The van der Waals surface area contributed by atoms with Crippen molar-refractivity contribution in [3.05, 3.63) is 53.6 Å². The first kappa shape index (κ1) is 12.8. The quantitative estimate of drug-likeness (QED) is 0.798. The highest BCUT2D eigenvalue weighted by molar-refractivity contribution is 6.05. The lowest BCUT2D eigenvalue weighted by molar-refractivity contribution is 0.0970. The summed E-state index contributed by atoms with van der Waals surface area (Å²) in [5.41, 5.74) is 3.44. The van der Waals surface area contributed by atoms with Crippen molar-refractivity contribution in [2.75, 3.05) is 4.90 Å². The van der Waals surface area contributed by atoms with E-state index in [9.17, 15) is 4.79 Å². The molecule has 102 valence electrons. The van der Waals surface area contributed by atoms with Crippen molar-refractivity contribution in [2.24, 2.45) is 0 Å². The normalized spacial score (nSPS) is 17.7. The Morgan fingerprint density at radius 3 is 2.80 bits per heavy atom. The van der Waals surface area contributed by atoms with Crippen LogP contribution in [0.3, 0.4) is 0 Å². The fourth-order valence-electron chi connectivity index (χ4n) is 2.62. The molecule has 1 amide bonds. The van der Waals surface area contributed by atoms with Crippen LogP contribution in [0.25, 0.3) is 0 Å². The van der Waals surface area contributed by atoms with Crippen molar-refractivity contribution in [3.8, 4) is 0 Å². The minimum atomic E-state index is -0.0721. The molecule has 1 unspecified atom stereocenters. The van der Waals surface area contributed by atoms with E-state index >= 15 is 0 Å². The zero-order chi connectivity index (χ0) is 14.1. The third-order valence-electron chi connectivity index (χ3n) is 3.74. The van der Waals surface area contributed by atoms with Gasteiger partial charge in [-0.1, -0.05) is 18.2 Å². The van der Waals surface area contributed by atoms with Gasteiger partial charge < -0.3 is 4.90 Å². The molecular weight excluding hydrogens is 250 g/mol. The Labute approximate surface area is 118 Å². The second kappa shape index (κ2) is 5.04. The molecule has 1 aromatic carbocycles. The van der Waals surface area contributed by atoms with Crippen LogP contribution < -0.4 is 4.90 Å². The highest BCUT2D eigenvalue weighted by Crippen LogP contribution is 2.31. The number of aryl methyl sites for hydroxylation is 2. The van der Waals surface area contributed by atoms with Crippen molar-refractivity contribution in [2.45, 2.75) is 32.7 Å². The van der Waals surface area contributed by atoms with Crippen LogP contribution in [0.4, 0.5) is 5.69 Å². The molecule has 1 aliphatic heterocycles. The number of hydrogen-bond acceptors (Lipinski definition) is 3. The van der Waals surface area contributed by atoms with E-state index in [1.54, 1.807) is 12.4 Å². The molecule has 1 aliphatic rings. The Kier molecular flexibility index (Phi) is 3.22. The van der Waals surface area contributed by atoms with Crippen LogP contribution in [0.15, 0.2) is 36.7 Å². The Balaban J connectivity index is 2.00. The summed E-state index contributed by atoms with van der Waals surface area (Å²) in [5.74, 6) is -0.0721. The summed E-state index contributed by atoms with van der Waals surface area (Å²) in [6, 6.07) is 8.26. The molecule has 3 rings (SSSR count). The lowest BCUT2D eigenvalue weighted by Crippen LogP contribution is -2.42. The molecule has 0 fully saturated rings. The number of anilines is 1. The Hall–Kier alpha value is -2.23. The lowest BCUT2D eigenvalue weighted by atomic mass is 9.96. The van der Waals surface area contributed by atoms with Gasteiger partial charge in [-0.2, -0.15) is 0 Å². The Bertz CT molecular complexity index is 636. The topological polar surface area (TPSA) is 46.1 Å². The molecule has 0 radical (unpaired) electrons. The molecule has 0 saturated heterocycles. The van der Waals surface area contributed by atoms with Gasteiger partial charge in [-0.3, -0.25) is 9.78 Å². The number of amides is 1. The van der Waals surface area contributed by atoms with Gasteiger partial charge in [0.15, 0.2) is 0 Å². The smallest absolute Gasteiger partial charge is 0.278 e. The van der Waals surface area contributed by atoms with E-state index in [0.29, 0.717) is 5.69 Å². The molecule has 0 bridgehead atoms. The summed E-state index contributed by atoms with van der Waals surface area (Å²) >= 11 is 0. The lowest BCUT2D eigenvalue weighted by Gasteiger charge is -2.35. The van der Waals surface area contributed by atoms with Crippen molar-refractivity contribution in [3.63, 3.8) is 0 Å². The molecule has 0 saturated carbocycles. The van der Waals surface area contributed by atoms with E-state index in [2.05, 4.69) is 23.0 Å². The van der Waals surface area contributed by atoms with E-state index in [1.165, 1.54) is 5.56 Å². The number of rotatable bonds is 1. The fraction of sp³-hybridized carbons (Fsp3) is 0.312. The maximum absolute atomic E-state index is 12.7. The first-order valence-electron chi connectivity index (χ1n) is 6.87. The maximum atomic E-state index is 12.7. The molecule has 4 heteroatoms. The standard InChI is InChI=1S/C16H17N3O/c1-11-9-18-14(10-17-11)16(20)19-12(2)7-8-13-5-3-4-6-15(13)19/h3-6,9-10,12H,7-8H2,1-2H3. The largest absolute Gasteiger partial charge is 0.304 e. The van der Waals surface area contributed by atoms with Gasteiger partial charge >= 0.3 is 0 Å². The highest BCUT2D eigenvalue weighted by Gasteiger charge is 2.29. The molecule has 0 spiro atoms. The molecular formula is C16H17N3O. The predicted octanol–water partition coefficient (Wildman–Crippen LogP) is 2.77. The third-order valence-corrected chi connectivity index (χ3v) is 3.74. The van der Waals surface area contributed by atoms with Gasteiger partial charge in [-0.05, 0) is 38.3 Å². The predicted molar refractivity (Wildman–Crippen MR) is 77.8 cm³/mol. The van der Waals surface area contributed by atoms with Gasteiger partial charge in [0.2, 0.25) is 0 Å². The maximum Gasteiger partial charge on any atom is 0.278 e. The third kappa shape index (κ3) is 2.18. The first-order valence-corrected chi connectivity index (χ1v) is 6.87. The van der Waals surface area contributed by atoms with Crippen molar-refractivity contribution >= 4 is 11.6 Å². The van der Waals surface area contributed by atoms with E-state index < -0.39 is 0 Å². The van der Waals surface area contributed by atoms with Crippen LogP contribution in [-0.4, -0.2) is 21.9 Å². The van der Waals surface area contributed by atoms with Crippen LogP contribution in [0.5, 0.6) is 0 Å². The average Bonchev–Trinajstić information content (AvgIpc) is 2.47. The zero-order valence-electron chi connectivity index (χ0n) is 11.7. The fourth-order valence-corrected chi connectivity index (χ4v) is 2.62. The average molecular weight is 267 g/mol. The summed E-state index contributed by atoms with van der Waals surface area (Å²) in [5, 5.41) is 0. The second-order valence-electron chi connectivity index (χ2n) is 5.23. The number of benzene rings is 1. The zero-order valence-corrected chi connectivity index (χ0v) is 11.7. The van der Waals surface area contributed by atoms with E-state index in [1.807, 2.05) is 30.0 Å². The summed E-state index contributed by atoms with van der Waals surface area (Å²) in [6.07, 6.45) is 5.18. The number of carbonyl (C=O) groups excluding carboxylic acids is 1. The van der Waals surface area contributed by atoms with E-state index in [4.69, 9.17) is 0 Å². The second-order valence-corrected chi connectivity index (χ2v) is 5.23. The summed E-state index contributed by atoms with van der Waals surface area (Å²) < 4.78 is 0. The number of aromatic nitrogens is 2. The Morgan fingerprint density at radius 1 is 1.25 bits per heavy atom. The summed E-state index contributed by atoms with van der Waals surface area (Å²) in [6.45, 7) is 3.94. The van der Waals surface area contributed by atoms with E-state index in [-0.39, 0.29) is 11.9 Å². The molecule has 2 aromatic rings. The van der Waals surface area contributed by atoms with Gasteiger partial charge in [0.05, 0.1) is 11.9 Å². The van der Waals surface area contributed by atoms with Crippen LogP contribution >= 0.6 is 0 Å². The van der Waals surface area contributed by atoms with Gasteiger partial charge in [0.1, 0.15) is 5.69 Å². The van der Waals surface area contributed by atoms with Crippen molar-refractivity contribution < 1.29 is 4.79 Å². The van der Waals surface area contributed by atoms with Gasteiger partial charge in [0.25, 0.3) is 5.91 Å². The highest BCUT2D eigenvalue weighted by atomic mass is 16.2. The monoisotopic (exact) mass is 267 g/mol. The van der Waals surface area contributed by atoms with Gasteiger partial charge in [-0.25, -0.2) is 4.98 Å². The molecule has 20 heavy (non-hydrogen) atoms. The van der Waals surface area contributed by atoms with Crippen LogP contribution in [-0.2, 0) is 6.42 Å². The van der Waals surface area contributed by atoms with Gasteiger partial charge in [0, 0.05) is 17.9 Å². The summed E-state index contributed by atoms with van der Waals surface area (Å²) in [4.78, 5) is 22.9. The van der Waals surface area contributed by atoms with Crippen molar-refractivity contribution in [1.29, 1.82) is 0 Å². The number of nitrogens with zero attached hydrogens (tertiary/aromatic N) is 3. The molecule has 2 heterocycles. The molecule has 0 aliphatic carbocycles. The van der Waals surface area contributed by atoms with Crippen LogP contribution in [0, 0.1) is 6.92 Å². The summed E-state index contributed by atoms with van der Waals surface area (Å²) in [7, 11) is 0. The molecule has 0 N–H and O–H groups in total. The van der Waals surface area contributed by atoms with Gasteiger partial charge in [-0.15, -0.1) is 0 Å². The van der Waals surface area contributed by atoms with Crippen LogP contribution in [0.2, 0.25) is 0 Å². The molecule has 4 nitrogen and oxygen atoms in total. The van der Waals surface area contributed by atoms with E-state index in [0.717, 1.165) is 24.2 Å².